The standard InChI is InChI=1S/C14H22F2N4O2S/c1-10-17-11(2)20(18-10)13-7-19(8-13)23(21,22)9-12-5-3-4-6-14(12,15)16/h12-13H,3-9H2,1-2H3. The number of nitrogens with zero attached hydrogens (tertiary/aromatic N) is 4. The quantitative estimate of drug-likeness (QED) is 0.833. The number of sulfonamides is 1. The van der Waals surface area contributed by atoms with Gasteiger partial charge in [0, 0.05) is 25.4 Å². The smallest absolute Gasteiger partial charge is 0.244 e. The largest absolute Gasteiger partial charge is 0.251 e. The van der Waals surface area contributed by atoms with Gasteiger partial charge in [-0.25, -0.2) is 26.9 Å². The molecule has 9 heteroatoms. The highest BCUT2D eigenvalue weighted by Crippen LogP contribution is 2.40. The average Bonchev–Trinajstić information content (AvgIpc) is 2.69. The van der Waals surface area contributed by atoms with Crippen LogP contribution in [0.5, 0.6) is 0 Å². The van der Waals surface area contributed by atoms with Crippen molar-refractivity contribution >= 4 is 10.0 Å². The van der Waals surface area contributed by atoms with E-state index >= 15 is 0 Å². The van der Waals surface area contributed by atoms with E-state index in [0.717, 1.165) is 5.82 Å². The van der Waals surface area contributed by atoms with Gasteiger partial charge >= 0.3 is 0 Å². The molecule has 1 saturated carbocycles. The van der Waals surface area contributed by atoms with Crippen molar-refractivity contribution in [3.63, 3.8) is 0 Å². The zero-order chi connectivity index (χ0) is 16.8. The number of rotatable bonds is 4. The molecule has 0 N–H and O–H groups in total. The van der Waals surface area contributed by atoms with Crippen LogP contribution in [0.25, 0.3) is 0 Å². The van der Waals surface area contributed by atoms with Gasteiger partial charge in [-0.15, -0.1) is 0 Å². The van der Waals surface area contributed by atoms with Crippen molar-refractivity contribution in [2.75, 3.05) is 18.8 Å². The first-order valence-electron chi connectivity index (χ1n) is 7.94. The van der Waals surface area contributed by atoms with Crippen molar-refractivity contribution in [3.05, 3.63) is 11.6 Å². The minimum Gasteiger partial charge on any atom is -0.244 e. The third kappa shape index (κ3) is 3.26. The van der Waals surface area contributed by atoms with E-state index in [-0.39, 0.29) is 32.0 Å². The van der Waals surface area contributed by atoms with Gasteiger partial charge in [-0.3, -0.25) is 0 Å². The third-order valence-corrected chi connectivity index (χ3v) is 6.71. The molecule has 2 aliphatic rings. The lowest BCUT2D eigenvalue weighted by molar-refractivity contribution is -0.0774. The van der Waals surface area contributed by atoms with E-state index in [9.17, 15) is 17.2 Å². The second-order valence-corrected chi connectivity index (χ2v) is 8.62. The number of aryl methyl sites for hydroxylation is 2. The number of hydrogen-bond acceptors (Lipinski definition) is 4. The molecular weight excluding hydrogens is 326 g/mol. The Balaban J connectivity index is 1.63. The molecule has 1 aliphatic carbocycles. The van der Waals surface area contributed by atoms with Crippen LogP contribution in [0.4, 0.5) is 8.78 Å². The van der Waals surface area contributed by atoms with E-state index in [4.69, 9.17) is 0 Å². The van der Waals surface area contributed by atoms with Crippen molar-refractivity contribution in [1.29, 1.82) is 0 Å². The van der Waals surface area contributed by atoms with Gasteiger partial charge in [-0.05, 0) is 26.7 Å². The Labute approximate surface area is 134 Å². The number of halogens is 2. The van der Waals surface area contributed by atoms with Crippen molar-refractivity contribution in [1.82, 2.24) is 19.1 Å². The maximum atomic E-state index is 13.9. The molecule has 2 heterocycles. The van der Waals surface area contributed by atoms with Crippen LogP contribution in [0, 0.1) is 19.8 Å². The van der Waals surface area contributed by atoms with Gasteiger partial charge in [0.25, 0.3) is 5.92 Å². The summed E-state index contributed by atoms with van der Waals surface area (Å²) >= 11 is 0. The molecule has 1 unspecified atom stereocenters. The molecule has 0 amide bonds. The summed E-state index contributed by atoms with van der Waals surface area (Å²) in [5.74, 6) is -3.00. The lowest BCUT2D eigenvalue weighted by atomic mass is 9.87. The van der Waals surface area contributed by atoms with Crippen LogP contribution in [0.15, 0.2) is 0 Å². The summed E-state index contributed by atoms with van der Waals surface area (Å²) in [6.07, 6.45) is 1.23. The predicted octanol–water partition coefficient (Wildman–Crippen LogP) is 1.91. The normalized spacial score (nSPS) is 26.2. The molecule has 6 nitrogen and oxygen atoms in total. The summed E-state index contributed by atoms with van der Waals surface area (Å²) in [6.45, 7) is 4.16. The molecule has 1 atom stereocenters. The average molecular weight is 348 g/mol. The summed E-state index contributed by atoms with van der Waals surface area (Å²) in [5.41, 5.74) is 0. The van der Waals surface area contributed by atoms with Crippen LogP contribution < -0.4 is 0 Å². The molecule has 23 heavy (non-hydrogen) atoms. The van der Waals surface area contributed by atoms with Gasteiger partial charge in [-0.1, -0.05) is 6.42 Å². The van der Waals surface area contributed by atoms with Gasteiger partial charge < -0.3 is 0 Å². The maximum Gasteiger partial charge on any atom is 0.251 e. The molecule has 1 aromatic rings. The fraction of sp³-hybridized carbons (Fsp3) is 0.857. The second kappa shape index (κ2) is 5.77. The molecule has 0 bridgehead atoms. The van der Waals surface area contributed by atoms with Crippen molar-refractivity contribution in [2.24, 2.45) is 5.92 Å². The Bertz CT molecular complexity index is 683. The van der Waals surface area contributed by atoms with E-state index in [2.05, 4.69) is 10.1 Å². The Morgan fingerprint density at radius 1 is 1.26 bits per heavy atom. The van der Waals surface area contributed by atoms with Crippen LogP contribution in [-0.2, 0) is 10.0 Å². The number of alkyl halides is 2. The topological polar surface area (TPSA) is 68.1 Å². The van der Waals surface area contributed by atoms with Crippen LogP contribution in [0.1, 0.15) is 43.4 Å². The van der Waals surface area contributed by atoms with Gasteiger partial charge in [0.1, 0.15) is 11.6 Å². The minimum atomic E-state index is -3.65. The third-order valence-electron chi connectivity index (χ3n) is 4.80. The Morgan fingerprint density at radius 3 is 2.52 bits per heavy atom. The van der Waals surface area contributed by atoms with Crippen molar-refractivity contribution < 1.29 is 17.2 Å². The molecular formula is C14H22F2N4O2S. The fourth-order valence-corrected chi connectivity index (χ4v) is 5.34. The van der Waals surface area contributed by atoms with Gasteiger partial charge in [-0.2, -0.15) is 9.40 Å². The zero-order valence-electron chi connectivity index (χ0n) is 13.4. The molecule has 2 fully saturated rings. The SMILES string of the molecule is Cc1nc(C)n(C2CN(S(=O)(=O)CC3CCCCC3(F)F)C2)n1. The molecule has 0 spiro atoms. The molecule has 0 radical (unpaired) electrons. The molecule has 3 rings (SSSR count). The minimum absolute atomic E-state index is 0.0576. The lowest BCUT2D eigenvalue weighted by Crippen LogP contribution is -2.53. The first-order chi connectivity index (χ1) is 10.7. The van der Waals surface area contributed by atoms with E-state index in [1.165, 1.54) is 4.31 Å². The predicted molar refractivity (Wildman–Crippen MR) is 80.8 cm³/mol. The van der Waals surface area contributed by atoms with Gasteiger partial charge in [0.15, 0.2) is 0 Å². The monoisotopic (exact) mass is 348 g/mol. The van der Waals surface area contributed by atoms with Gasteiger partial charge in [0.05, 0.1) is 11.8 Å². The zero-order valence-corrected chi connectivity index (χ0v) is 14.2. The van der Waals surface area contributed by atoms with E-state index in [1.54, 1.807) is 11.6 Å². The molecule has 0 aromatic carbocycles. The van der Waals surface area contributed by atoms with E-state index in [0.29, 0.717) is 18.7 Å². The van der Waals surface area contributed by atoms with Crippen LogP contribution in [0.2, 0.25) is 0 Å². The highest BCUT2D eigenvalue weighted by molar-refractivity contribution is 7.89. The van der Waals surface area contributed by atoms with Crippen LogP contribution in [-0.4, -0.2) is 52.3 Å². The summed E-state index contributed by atoms with van der Waals surface area (Å²) < 4.78 is 55.5. The van der Waals surface area contributed by atoms with E-state index in [1.807, 2.05) is 6.92 Å². The van der Waals surface area contributed by atoms with E-state index < -0.39 is 27.6 Å². The first kappa shape index (κ1) is 16.8. The van der Waals surface area contributed by atoms with Crippen LogP contribution >= 0.6 is 0 Å². The molecule has 1 aliphatic heterocycles. The summed E-state index contributed by atoms with van der Waals surface area (Å²) in [5, 5.41) is 4.25. The second-order valence-electron chi connectivity index (χ2n) is 6.60. The van der Waals surface area contributed by atoms with Crippen molar-refractivity contribution in [3.8, 4) is 0 Å². The Morgan fingerprint density at radius 2 is 1.96 bits per heavy atom. The summed E-state index contributed by atoms with van der Waals surface area (Å²) in [4.78, 5) is 4.20. The highest BCUT2D eigenvalue weighted by atomic mass is 32.2. The number of hydrogen-bond donors (Lipinski definition) is 0. The summed E-state index contributed by atoms with van der Waals surface area (Å²) in [6, 6.07) is -0.0576. The van der Waals surface area contributed by atoms with Crippen LogP contribution in [0.3, 0.4) is 0 Å². The van der Waals surface area contributed by atoms with Gasteiger partial charge in [0.2, 0.25) is 10.0 Å². The fourth-order valence-electron chi connectivity index (χ4n) is 3.41. The number of aromatic nitrogens is 3. The maximum absolute atomic E-state index is 13.9. The lowest BCUT2D eigenvalue weighted by Gasteiger charge is -2.40. The Kier molecular flexibility index (Phi) is 4.20. The summed E-state index contributed by atoms with van der Waals surface area (Å²) in [7, 11) is -3.65. The first-order valence-corrected chi connectivity index (χ1v) is 9.55. The molecule has 130 valence electrons. The Hall–Kier alpha value is -1.09. The van der Waals surface area contributed by atoms with Crippen molar-refractivity contribution in [2.45, 2.75) is 51.5 Å². The highest BCUT2D eigenvalue weighted by Gasteiger charge is 2.46. The molecule has 1 saturated heterocycles. The molecule has 1 aromatic heterocycles.